The van der Waals surface area contributed by atoms with Gasteiger partial charge in [-0.15, -0.1) is 5.10 Å². The van der Waals surface area contributed by atoms with Gasteiger partial charge in [-0.2, -0.15) is 0 Å². The van der Waals surface area contributed by atoms with E-state index in [0.717, 1.165) is 0 Å². The van der Waals surface area contributed by atoms with Crippen LogP contribution < -0.4 is 5.32 Å². The molecule has 1 aromatic carbocycles. The van der Waals surface area contributed by atoms with Crippen LogP contribution in [0.5, 0.6) is 0 Å². The normalized spacial score (nSPS) is 10.4. The Morgan fingerprint density at radius 3 is 2.85 bits per heavy atom. The molecule has 0 bridgehead atoms. The maximum absolute atomic E-state index is 11.7. The molecular formula is C13H8ClN3O3. The molecule has 100 valence electrons. The van der Waals surface area contributed by atoms with Crippen molar-refractivity contribution in [2.45, 2.75) is 0 Å². The monoisotopic (exact) mass is 289 g/mol. The molecule has 0 spiro atoms. The molecule has 7 heteroatoms. The van der Waals surface area contributed by atoms with Gasteiger partial charge in [0.2, 0.25) is 5.89 Å². The minimum Gasteiger partial charge on any atom is -0.459 e. The molecule has 0 radical (unpaired) electrons. The van der Waals surface area contributed by atoms with E-state index in [1.807, 2.05) is 0 Å². The maximum atomic E-state index is 11.7. The predicted octanol–water partition coefficient (Wildman–Crippen LogP) is 3.24. The fourth-order valence-electron chi connectivity index (χ4n) is 1.58. The summed E-state index contributed by atoms with van der Waals surface area (Å²) in [5.74, 6) is -0.0361. The summed E-state index contributed by atoms with van der Waals surface area (Å²) in [5.41, 5.74) is 0.670. The van der Waals surface area contributed by atoms with Gasteiger partial charge in [0.15, 0.2) is 5.76 Å². The molecule has 2 heterocycles. The highest BCUT2D eigenvalue weighted by molar-refractivity contribution is 6.30. The number of furan rings is 1. The Morgan fingerprint density at radius 1 is 1.20 bits per heavy atom. The lowest BCUT2D eigenvalue weighted by molar-refractivity contribution is 0.0994. The first-order valence-electron chi connectivity index (χ1n) is 5.67. The van der Waals surface area contributed by atoms with Crippen molar-refractivity contribution < 1.29 is 13.6 Å². The Balaban J connectivity index is 1.79. The number of nitrogens with zero attached hydrogens (tertiary/aromatic N) is 2. The molecule has 20 heavy (non-hydrogen) atoms. The van der Waals surface area contributed by atoms with E-state index in [-0.39, 0.29) is 17.7 Å². The third kappa shape index (κ3) is 2.55. The lowest BCUT2D eigenvalue weighted by Crippen LogP contribution is -2.10. The van der Waals surface area contributed by atoms with Gasteiger partial charge in [0.05, 0.1) is 6.26 Å². The summed E-state index contributed by atoms with van der Waals surface area (Å²) in [7, 11) is 0. The molecule has 6 nitrogen and oxygen atoms in total. The number of carbonyl (C=O) groups is 1. The van der Waals surface area contributed by atoms with Crippen molar-refractivity contribution >= 4 is 23.5 Å². The van der Waals surface area contributed by atoms with Crippen LogP contribution in [0.1, 0.15) is 10.6 Å². The van der Waals surface area contributed by atoms with Gasteiger partial charge in [-0.05, 0) is 30.3 Å². The first-order valence-corrected chi connectivity index (χ1v) is 6.04. The fraction of sp³-hybridized carbons (Fsp3) is 0. The maximum Gasteiger partial charge on any atom is 0.322 e. The van der Waals surface area contributed by atoms with Crippen molar-refractivity contribution in [1.29, 1.82) is 0 Å². The third-order valence-corrected chi connectivity index (χ3v) is 2.70. The van der Waals surface area contributed by atoms with E-state index in [0.29, 0.717) is 10.6 Å². The smallest absolute Gasteiger partial charge is 0.322 e. The van der Waals surface area contributed by atoms with Crippen LogP contribution in [0.25, 0.3) is 11.5 Å². The number of carbonyl (C=O) groups excluding carboxylic acids is 1. The first-order chi connectivity index (χ1) is 9.72. The quantitative estimate of drug-likeness (QED) is 0.800. The number of anilines is 1. The molecule has 1 amide bonds. The van der Waals surface area contributed by atoms with Gasteiger partial charge >= 0.3 is 6.01 Å². The van der Waals surface area contributed by atoms with Crippen molar-refractivity contribution in [3.63, 3.8) is 0 Å². The molecule has 0 unspecified atom stereocenters. The van der Waals surface area contributed by atoms with Crippen LogP contribution in [0.2, 0.25) is 5.02 Å². The van der Waals surface area contributed by atoms with Crippen LogP contribution in [0.4, 0.5) is 6.01 Å². The molecule has 2 aromatic heterocycles. The Labute approximate surface area is 118 Å². The number of hydrogen-bond acceptors (Lipinski definition) is 5. The third-order valence-electron chi connectivity index (χ3n) is 2.46. The molecule has 0 atom stereocenters. The van der Waals surface area contributed by atoms with Crippen LogP contribution in [0, 0.1) is 0 Å². The van der Waals surface area contributed by atoms with Crippen molar-refractivity contribution in [3.8, 4) is 11.5 Å². The summed E-state index contributed by atoms with van der Waals surface area (Å²) in [5, 5.41) is 10.6. The Kier molecular flexibility index (Phi) is 3.22. The van der Waals surface area contributed by atoms with E-state index in [1.54, 1.807) is 30.3 Å². The van der Waals surface area contributed by atoms with Crippen molar-refractivity contribution in [2.75, 3.05) is 5.32 Å². The van der Waals surface area contributed by atoms with Crippen LogP contribution in [0.3, 0.4) is 0 Å². The average molecular weight is 290 g/mol. The van der Waals surface area contributed by atoms with Crippen LogP contribution in [0.15, 0.2) is 51.5 Å². The summed E-state index contributed by atoms with van der Waals surface area (Å²) in [6.45, 7) is 0. The van der Waals surface area contributed by atoms with Gasteiger partial charge in [0, 0.05) is 10.6 Å². The SMILES string of the molecule is O=C(Nc1nnc(-c2cccc(Cl)c2)o1)c1ccco1. The molecule has 0 fully saturated rings. The molecule has 0 saturated heterocycles. The number of nitrogens with one attached hydrogen (secondary N) is 1. The van der Waals surface area contributed by atoms with E-state index in [9.17, 15) is 4.79 Å². The van der Waals surface area contributed by atoms with Gasteiger partial charge in [0.1, 0.15) is 0 Å². The second kappa shape index (κ2) is 5.18. The van der Waals surface area contributed by atoms with E-state index in [4.69, 9.17) is 20.4 Å². The van der Waals surface area contributed by atoms with E-state index >= 15 is 0 Å². The van der Waals surface area contributed by atoms with E-state index < -0.39 is 5.91 Å². The molecule has 3 aromatic rings. The molecule has 0 aliphatic heterocycles. The summed E-state index contributed by atoms with van der Waals surface area (Å²) in [6.07, 6.45) is 1.40. The number of amides is 1. The van der Waals surface area contributed by atoms with E-state index in [2.05, 4.69) is 15.5 Å². The molecule has 0 aliphatic rings. The van der Waals surface area contributed by atoms with Crippen molar-refractivity contribution in [3.05, 3.63) is 53.4 Å². The van der Waals surface area contributed by atoms with Gasteiger partial charge in [0.25, 0.3) is 5.91 Å². The van der Waals surface area contributed by atoms with Gasteiger partial charge in [-0.25, -0.2) is 0 Å². The molecule has 3 rings (SSSR count). The first kappa shape index (κ1) is 12.4. The highest BCUT2D eigenvalue weighted by atomic mass is 35.5. The summed E-state index contributed by atoms with van der Waals surface area (Å²) >= 11 is 5.88. The Bertz CT molecular complexity index is 737. The minimum absolute atomic E-state index is 0.0126. The second-order valence-electron chi connectivity index (χ2n) is 3.85. The Morgan fingerprint density at radius 2 is 2.10 bits per heavy atom. The lowest BCUT2D eigenvalue weighted by Gasteiger charge is -1.96. The number of rotatable bonds is 3. The van der Waals surface area contributed by atoms with Gasteiger partial charge in [-0.1, -0.05) is 22.8 Å². The lowest BCUT2D eigenvalue weighted by atomic mass is 10.2. The molecule has 0 saturated carbocycles. The highest BCUT2D eigenvalue weighted by Crippen LogP contribution is 2.22. The van der Waals surface area contributed by atoms with E-state index in [1.165, 1.54) is 12.3 Å². The zero-order valence-corrected chi connectivity index (χ0v) is 10.8. The van der Waals surface area contributed by atoms with Crippen molar-refractivity contribution in [1.82, 2.24) is 10.2 Å². The summed E-state index contributed by atoms with van der Waals surface area (Å²) in [6, 6.07) is 10.1. The largest absolute Gasteiger partial charge is 0.459 e. The predicted molar refractivity (Wildman–Crippen MR) is 71.4 cm³/mol. The van der Waals surface area contributed by atoms with Crippen LogP contribution in [-0.4, -0.2) is 16.1 Å². The van der Waals surface area contributed by atoms with Gasteiger partial charge < -0.3 is 8.83 Å². The molecule has 0 aliphatic carbocycles. The number of aromatic nitrogens is 2. The number of halogens is 1. The summed E-state index contributed by atoms with van der Waals surface area (Å²) in [4.78, 5) is 11.7. The number of benzene rings is 1. The summed E-state index contributed by atoms with van der Waals surface area (Å²) < 4.78 is 10.3. The van der Waals surface area contributed by atoms with Crippen molar-refractivity contribution in [2.24, 2.45) is 0 Å². The zero-order chi connectivity index (χ0) is 13.9. The zero-order valence-electron chi connectivity index (χ0n) is 10.0. The second-order valence-corrected chi connectivity index (χ2v) is 4.29. The molecular weight excluding hydrogens is 282 g/mol. The topological polar surface area (TPSA) is 81.2 Å². The van der Waals surface area contributed by atoms with Crippen LogP contribution in [-0.2, 0) is 0 Å². The minimum atomic E-state index is -0.462. The van der Waals surface area contributed by atoms with Gasteiger partial charge in [-0.3, -0.25) is 10.1 Å². The fourth-order valence-corrected chi connectivity index (χ4v) is 1.77. The highest BCUT2D eigenvalue weighted by Gasteiger charge is 2.14. The standard InChI is InChI=1S/C13H8ClN3O3/c14-9-4-1-3-8(7-9)12-16-17-13(20-12)15-11(18)10-5-2-6-19-10/h1-7H,(H,15,17,18). The Hall–Kier alpha value is -2.60. The van der Waals surface area contributed by atoms with Crippen LogP contribution >= 0.6 is 11.6 Å². The average Bonchev–Trinajstić information content (AvgIpc) is 3.10. The molecule has 1 N–H and O–H groups in total. The number of hydrogen-bond donors (Lipinski definition) is 1.